The van der Waals surface area contributed by atoms with Gasteiger partial charge >= 0.3 is 0 Å². The predicted molar refractivity (Wildman–Crippen MR) is 148 cm³/mol. The molecule has 0 spiro atoms. The van der Waals surface area contributed by atoms with Gasteiger partial charge in [-0.25, -0.2) is 0 Å². The van der Waals surface area contributed by atoms with Crippen molar-refractivity contribution in [3.63, 3.8) is 0 Å². The van der Waals surface area contributed by atoms with E-state index in [1.807, 2.05) is 74.8 Å². The summed E-state index contributed by atoms with van der Waals surface area (Å²) in [6, 6.07) is 33.0. The molecule has 0 N–H and O–H groups in total. The molecule has 0 bridgehead atoms. The molecule has 37 heavy (non-hydrogen) atoms. The SMILES string of the molecule is Cc1ccc(-c2[c-]ccc(C(C)C)c2)nc1.Cc1ccc(-c2[c-]ccc3c2oc2ccccc23)nc1.[Ir]. The van der Waals surface area contributed by atoms with Crippen LogP contribution in [0.25, 0.3) is 44.5 Å². The van der Waals surface area contributed by atoms with Crippen LogP contribution in [0.3, 0.4) is 0 Å². The summed E-state index contributed by atoms with van der Waals surface area (Å²) in [6.45, 7) is 8.47. The van der Waals surface area contributed by atoms with E-state index in [1.54, 1.807) is 0 Å². The average Bonchev–Trinajstić information content (AvgIpc) is 3.29. The monoisotopic (exact) mass is 661 g/mol. The van der Waals surface area contributed by atoms with Crippen molar-refractivity contribution in [1.82, 2.24) is 9.97 Å². The first-order chi connectivity index (χ1) is 17.5. The van der Waals surface area contributed by atoms with E-state index in [9.17, 15) is 0 Å². The molecule has 6 rings (SSSR count). The first kappa shape index (κ1) is 26.5. The third kappa shape index (κ3) is 5.88. The fourth-order valence-corrected chi connectivity index (χ4v) is 4.11. The number of hydrogen-bond donors (Lipinski definition) is 0. The second kappa shape index (κ2) is 11.6. The van der Waals surface area contributed by atoms with Gasteiger partial charge in [0.25, 0.3) is 0 Å². The van der Waals surface area contributed by atoms with Crippen LogP contribution < -0.4 is 0 Å². The Kier molecular flexibility index (Phi) is 8.33. The van der Waals surface area contributed by atoms with Crippen molar-refractivity contribution in [3.8, 4) is 22.5 Å². The van der Waals surface area contributed by atoms with E-state index in [1.165, 1.54) is 11.1 Å². The molecule has 0 atom stereocenters. The number of pyridine rings is 2. The fraction of sp³-hybridized carbons (Fsp3) is 0.152. The molecule has 3 aromatic carbocycles. The number of para-hydroxylation sites is 1. The third-order valence-corrected chi connectivity index (χ3v) is 6.19. The fourth-order valence-electron chi connectivity index (χ4n) is 4.11. The summed E-state index contributed by atoms with van der Waals surface area (Å²) in [5, 5.41) is 2.24. The van der Waals surface area contributed by atoms with Crippen LogP contribution in [0.5, 0.6) is 0 Å². The predicted octanol–water partition coefficient (Wildman–Crippen LogP) is 8.73. The largest absolute Gasteiger partial charge is 0.501 e. The molecule has 0 fully saturated rings. The number of fused-ring (bicyclic) bond motifs is 3. The van der Waals surface area contributed by atoms with Crippen molar-refractivity contribution in [3.05, 3.63) is 120 Å². The number of benzene rings is 3. The van der Waals surface area contributed by atoms with Gasteiger partial charge in [0.05, 0.1) is 5.58 Å². The summed E-state index contributed by atoms with van der Waals surface area (Å²) in [6.07, 6.45) is 3.76. The van der Waals surface area contributed by atoms with Gasteiger partial charge in [0, 0.05) is 37.9 Å². The van der Waals surface area contributed by atoms with Crippen molar-refractivity contribution in [2.75, 3.05) is 0 Å². The Labute approximate surface area is 232 Å². The van der Waals surface area contributed by atoms with E-state index < -0.39 is 0 Å². The standard InChI is InChI=1S/C18H12NO.C15H16N.Ir/c1-12-9-10-16(19-11-12)15-7-4-6-14-13-5-2-3-8-17(13)20-18(14)15;1-11(2)13-5-4-6-14(9-13)15-8-7-12(3)10-16-15;/h2-6,8-11H,1H3;4-5,7-11H,1-3H3;/q2*-1;. The molecule has 0 unspecified atom stereocenters. The molecular weight excluding hydrogens is 633 g/mol. The summed E-state index contributed by atoms with van der Waals surface area (Å²) in [4.78, 5) is 8.90. The van der Waals surface area contributed by atoms with Gasteiger partial charge in [-0.15, -0.1) is 53.6 Å². The first-order valence-electron chi connectivity index (χ1n) is 12.2. The minimum atomic E-state index is 0. The molecule has 0 amide bonds. The molecule has 0 aliphatic carbocycles. The number of hydrogen-bond acceptors (Lipinski definition) is 3. The molecule has 0 aliphatic rings. The molecule has 3 aromatic heterocycles. The van der Waals surface area contributed by atoms with Gasteiger partial charge in [-0.2, -0.15) is 0 Å². The second-order valence-corrected chi connectivity index (χ2v) is 9.33. The molecule has 1 radical (unpaired) electrons. The minimum absolute atomic E-state index is 0. The Bertz CT molecular complexity index is 1620. The van der Waals surface area contributed by atoms with E-state index >= 15 is 0 Å². The van der Waals surface area contributed by atoms with Crippen LogP contribution in [0, 0.1) is 26.0 Å². The van der Waals surface area contributed by atoms with Gasteiger partial charge in [0.1, 0.15) is 5.58 Å². The normalized spacial score (nSPS) is 10.7. The van der Waals surface area contributed by atoms with Crippen LogP contribution in [0.1, 0.15) is 36.5 Å². The maximum atomic E-state index is 6.00. The summed E-state index contributed by atoms with van der Waals surface area (Å²) in [7, 11) is 0. The smallest absolute Gasteiger partial charge is 0.120 e. The van der Waals surface area contributed by atoms with Crippen molar-refractivity contribution < 1.29 is 24.5 Å². The van der Waals surface area contributed by atoms with Crippen LogP contribution in [0.2, 0.25) is 0 Å². The Morgan fingerprint density at radius 2 is 1.41 bits per heavy atom. The van der Waals surface area contributed by atoms with Gasteiger partial charge in [0.2, 0.25) is 0 Å². The maximum Gasteiger partial charge on any atom is 0.120 e. The molecule has 4 heteroatoms. The quantitative estimate of drug-likeness (QED) is 0.178. The minimum Gasteiger partial charge on any atom is -0.501 e. The zero-order chi connectivity index (χ0) is 25.1. The Morgan fingerprint density at radius 1 is 0.730 bits per heavy atom. The molecule has 187 valence electrons. The Hall–Kier alpha value is -3.59. The summed E-state index contributed by atoms with van der Waals surface area (Å²) >= 11 is 0. The maximum absolute atomic E-state index is 6.00. The molecular formula is C33H28IrN2O-2. The van der Waals surface area contributed by atoms with E-state index in [-0.39, 0.29) is 20.1 Å². The van der Waals surface area contributed by atoms with Gasteiger partial charge in [-0.1, -0.05) is 67.3 Å². The van der Waals surface area contributed by atoms with Crippen LogP contribution in [-0.2, 0) is 20.1 Å². The number of nitrogens with zero attached hydrogens (tertiary/aromatic N) is 2. The van der Waals surface area contributed by atoms with E-state index in [0.29, 0.717) is 5.92 Å². The van der Waals surface area contributed by atoms with E-state index in [0.717, 1.165) is 50.0 Å². The zero-order valence-corrected chi connectivity index (χ0v) is 23.8. The first-order valence-corrected chi connectivity index (χ1v) is 12.2. The van der Waals surface area contributed by atoms with Crippen molar-refractivity contribution in [2.24, 2.45) is 0 Å². The summed E-state index contributed by atoms with van der Waals surface area (Å²) in [5.74, 6) is 0.541. The third-order valence-electron chi connectivity index (χ3n) is 6.19. The number of furan rings is 1. The van der Waals surface area contributed by atoms with Crippen molar-refractivity contribution >= 4 is 21.9 Å². The zero-order valence-electron chi connectivity index (χ0n) is 21.4. The molecule has 0 aliphatic heterocycles. The molecule has 0 saturated carbocycles. The van der Waals surface area contributed by atoms with Crippen LogP contribution in [0.15, 0.2) is 95.7 Å². The number of aryl methyl sites for hydroxylation is 2. The summed E-state index contributed by atoms with van der Waals surface area (Å²) < 4.78 is 6.00. The summed E-state index contributed by atoms with van der Waals surface area (Å²) in [5.41, 5.74) is 9.28. The number of rotatable bonds is 3. The van der Waals surface area contributed by atoms with Gasteiger partial charge in [0.15, 0.2) is 0 Å². The van der Waals surface area contributed by atoms with E-state index in [2.05, 4.69) is 66.3 Å². The number of aromatic nitrogens is 2. The van der Waals surface area contributed by atoms with Crippen molar-refractivity contribution in [2.45, 2.75) is 33.6 Å². The molecule has 3 nitrogen and oxygen atoms in total. The van der Waals surface area contributed by atoms with Gasteiger partial charge in [-0.3, -0.25) is 0 Å². The topological polar surface area (TPSA) is 38.9 Å². The van der Waals surface area contributed by atoms with Gasteiger partial charge in [-0.05, 0) is 48.3 Å². The molecule has 6 aromatic rings. The Balaban J connectivity index is 0.000000173. The van der Waals surface area contributed by atoms with Crippen molar-refractivity contribution in [1.29, 1.82) is 0 Å². The van der Waals surface area contributed by atoms with Crippen LogP contribution in [0.4, 0.5) is 0 Å². The van der Waals surface area contributed by atoms with Gasteiger partial charge < -0.3 is 14.4 Å². The Morgan fingerprint density at radius 3 is 2.08 bits per heavy atom. The molecule has 3 heterocycles. The average molecular weight is 661 g/mol. The van der Waals surface area contributed by atoms with Crippen LogP contribution in [-0.4, -0.2) is 9.97 Å². The van der Waals surface area contributed by atoms with E-state index in [4.69, 9.17) is 4.42 Å². The molecule has 0 saturated heterocycles. The van der Waals surface area contributed by atoms with Crippen LogP contribution >= 0.6 is 0 Å². The second-order valence-electron chi connectivity index (χ2n) is 9.33.